The molecule has 7 heteroatoms. The largest absolute Gasteiger partial charge is 0.480 e. The third kappa shape index (κ3) is 23.0. The fourth-order valence-electron chi connectivity index (χ4n) is 4.13. The van der Waals surface area contributed by atoms with Crippen molar-refractivity contribution in [3.05, 3.63) is 24.3 Å². The lowest BCUT2D eigenvalue weighted by Gasteiger charge is -2.15. The van der Waals surface area contributed by atoms with Gasteiger partial charge in [0.05, 0.1) is 0 Å². The van der Waals surface area contributed by atoms with Gasteiger partial charge in [-0.3, -0.25) is 9.59 Å². The van der Waals surface area contributed by atoms with E-state index in [1.165, 1.54) is 25.7 Å². The van der Waals surface area contributed by atoms with Crippen molar-refractivity contribution < 1.29 is 24.2 Å². The van der Waals surface area contributed by atoms with Gasteiger partial charge in [0.1, 0.15) is 12.1 Å². The highest BCUT2D eigenvalue weighted by atomic mass is 16.5. The Hall–Kier alpha value is -2.15. The van der Waals surface area contributed by atoms with Crippen molar-refractivity contribution in [1.29, 1.82) is 0 Å². The Morgan fingerprint density at radius 1 is 0.763 bits per heavy atom. The number of ether oxygens (including phenoxy) is 1. The predicted octanol–water partition coefficient (Wildman–Crippen LogP) is 6.99. The van der Waals surface area contributed by atoms with Crippen molar-refractivity contribution in [3.63, 3.8) is 0 Å². The van der Waals surface area contributed by atoms with Crippen molar-refractivity contribution in [3.8, 4) is 0 Å². The van der Waals surface area contributed by atoms with Gasteiger partial charge in [-0.2, -0.15) is 0 Å². The average Bonchev–Trinajstić information content (AvgIpc) is 2.89. The maximum absolute atomic E-state index is 12.4. The maximum atomic E-state index is 12.4. The van der Waals surface area contributed by atoms with Crippen molar-refractivity contribution in [2.24, 2.45) is 5.73 Å². The monoisotopic (exact) mass is 536 g/mol. The number of hydrogen-bond acceptors (Lipinski definition) is 5. The summed E-state index contributed by atoms with van der Waals surface area (Å²) >= 11 is 0. The van der Waals surface area contributed by atoms with Crippen molar-refractivity contribution in [2.45, 2.75) is 148 Å². The van der Waals surface area contributed by atoms with Crippen LogP contribution in [-0.4, -0.2) is 41.6 Å². The summed E-state index contributed by atoms with van der Waals surface area (Å²) in [6.07, 6.45) is 25.5. The molecule has 0 bridgehead atoms. The molecule has 0 aromatic rings. The second kappa shape index (κ2) is 26.5. The normalized spacial score (nSPS) is 13.1. The number of nitrogens with one attached hydrogen (secondary N) is 1. The molecule has 0 aliphatic rings. The number of nitrogens with two attached hydrogens (primary N) is 1. The highest BCUT2D eigenvalue weighted by Crippen LogP contribution is 2.14. The van der Waals surface area contributed by atoms with E-state index in [1.807, 2.05) is 6.08 Å². The molecule has 4 N–H and O–H groups in total. The summed E-state index contributed by atoms with van der Waals surface area (Å²) in [7, 11) is 0. The smallest absolute Gasteiger partial charge is 0.326 e. The van der Waals surface area contributed by atoms with Gasteiger partial charge in [-0.25, -0.2) is 4.79 Å². The van der Waals surface area contributed by atoms with Crippen LogP contribution in [0.25, 0.3) is 0 Å². The number of carbonyl (C=O) groups excluding carboxylic acids is 2. The minimum Gasteiger partial charge on any atom is -0.480 e. The van der Waals surface area contributed by atoms with Crippen LogP contribution in [0.4, 0.5) is 0 Å². The van der Waals surface area contributed by atoms with Crippen LogP contribution < -0.4 is 11.1 Å². The summed E-state index contributed by atoms with van der Waals surface area (Å²) in [6, 6.07) is -0.867. The maximum Gasteiger partial charge on any atom is 0.326 e. The van der Waals surface area contributed by atoms with Crippen molar-refractivity contribution >= 4 is 17.8 Å². The van der Waals surface area contributed by atoms with Gasteiger partial charge in [-0.05, 0) is 76.8 Å². The van der Waals surface area contributed by atoms with Crippen LogP contribution in [0.1, 0.15) is 136 Å². The van der Waals surface area contributed by atoms with E-state index in [-0.39, 0.29) is 18.0 Å². The molecule has 0 aromatic carbocycles. The second-order valence-corrected chi connectivity index (χ2v) is 10.2. The van der Waals surface area contributed by atoms with E-state index in [0.29, 0.717) is 38.6 Å². The fourth-order valence-corrected chi connectivity index (χ4v) is 4.13. The molecular weight excluding hydrogens is 480 g/mol. The van der Waals surface area contributed by atoms with Gasteiger partial charge in [0.25, 0.3) is 0 Å². The number of rotatable bonds is 26. The molecule has 0 aliphatic carbocycles. The number of amides is 1. The quantitative estimate of drug-likeness (QED) is 0.0623. The van der Waals surface area contributed by atoms with Crippen LogP contribution in [0.3, 0.4) is 0 Å². The number of unbranched alkanes of at least 4 members (excludes halogenated alkanes) is 10. The van der Waals surface area contributed by atoms with Crippen LogP contribution in [-0.2, 0) is 19.1 Å². The summed E-state index contributed by atoms with van der Waals surface area (Å²) in [4.78, 5) is 35.7. The van der Waals surface area contributed by atoms with Crippen LogP contribution in [0.2, 0.25) is 0 Å². The van der Waals surface area contributed by atoms with E-state index < -0.39 is 12.0 Å². The van der Waals surface area contributed by atoms with Crippen LogP contribution >= 0.6 is 0 Å². The Labute approximate surface area is 232 Å². The summed E-state index contributed by atoms with van der Waals surface area (Å²) in [5, 5.41) is 11.8. The molecule has 7 nitrogen and oxygen atoms in total. The first-order valence-electron chi connectivity index (χ1n) is 15.2. The van der Waals surface area contributed by atoms with Gasteiger partial charge in [-0.15, -0.1) is 0 Å². The molecule has 0 saturated carbocycles. The Balaban J connectivity index is 4.13. The van der Waals surface area contributed by atoms with Crippen LogP contribution in [0.5, 0.6) is 0 Å². The number of aliphatic carboxylic acids is 1. The Morgan fingerprint density at radius 2 is 1.37 bits per heavy atom. The topological polar surface area (TPSA) is 119 Å². The van der Waals surface area contributed by atoms with Gasteiger partial charge < -0.3 is 20.9 Å². The highest BCUT2D eigenvalue weighted by Gasteiger charge is 2.18. The van der Waals surface area contributed by atoms with E-state index >= 15 is 0 Å². The Bertz CT molecular complexity index is 663. The van der Waals surface area contributed by atoms with Crippen LogP contribution in [0, 0.1) is 0 Å². The summed E-state index contributed by atoms with van der Waals surface area (Å²) < 4.78 is 5.76. The highest BCUT2D eigenvalue weighted by molar-refractivity contribution is 5.83. The first-order valence-corrected chi connectivity index (χ1v) is 15.2. The molecule has 220 valence electrons. The standard InChI is InChI=1S/C31H56N2O5/c1-3-5-7-8-9-10-11-12-13-19-25-30(35)38-27(21-16-6-4-2)22-17-14-15-18-24-29(34)33-28(31(36)37)23-20-26-32/h7-8,16,21,27-28H,3-6,9-15,17-20,22-26,32H2,1-2H3,(H,33,34)(H,36,37)/b8-7-,21-16-. The van der Waals surface area contributed by atoms with Gasteiger partial charge in [0.15, 0.2) is 0 Å². The first kappa shape index (κ1) is 35.9. The number of hydrogen-bond donors (Lipinski definition) is 3. The molecule has 0 heterocycles. The minimum atomic E-state index is -1.02. The lowest BCUT2D eigenvalue weighted by Crippen LogP contribution is -2.40. The zero-order valence-corrected chi connectivity index (χ0v) is 24.3. The van der Waals surface area contributed by atoms with Crippen molar-refractivity contribution in [2.75, 3.05) is 6.54 Å². The van der Waals surface area contributed by atoms with Gasteiger partial charge in [0, 0.05) is 12.8 Å². The first-order chi connectivity index (χ1) is 18.4. The molecule has 2 unspecified atom stereocenters. The third-order valence-electron chi connectivity index (χ3n) is 6.44. The third-order valence-corrected chi connectivity index (χ3v) is 6.44. The Morgan fingerprint density at radius 3 is 2.05 bits per heavy atom. The van der Waals surface area contributed by atoms with E-state index in [4.69, 9.17) is 10.5 Å². The summed E-state index contributed by atoms with van der Waals surface area (Å²) in [6.45, 7) is 4.72. The summed E-state index contributed by atoms with van der Waals surface area (Å²) in [5.41, 5.74) is 5.43. The number of carboxylic acid groups (broad SMARTS) is 1. The van der Waals surface area contributed by atoms with Crippen molar-refractivity contribution in [1.82, 2.24) is 5.32 Å². The second-order valence-electron chi connectivity index (χ2n) is 10.2. The van der Waals surface area contributed by atoms with Crippen LogP contribution in [0.15, 0.2) is 24.3 Å². The van der Waals surface area contributed by atoms with E-state index in [0.717, 1.165) is 64.2 Å². The molecule has 38 heavy (non-hydrogen) atoms. The number of carboxylic acids is 1. The molecule has 0 radical (unpaired) electrons. The summed E-state index contributed by atoms with van der Waals surface area (Å²) in [5.74, 6) is -1.36. The molecule has 0 aromatic heterocycles. The number of esters is 1. The van der Waals surface area contributed by atoms with Gasteiger partial charge >= 0.3 is 11.9 Å². The number of carbonyl (C=O) groups is 3. The lowest BCUT2D eigenvalue weighted by atomic mass is 10.1. The molecule has 0 rings (SSSR count). The lowest BCUT2D eigenvalue weighted by molar-refractivity contribution is -0.147. The van der Waals surface area contributed by atoms with Gasteiger partial charge in [-0.1, -0.05) is 77.0 Å². The van der Waals surface area contributed by atoms with Gasteiger partial charge in [0.2, 0.25) is 5.91 Å². The zero-order valence-electron chi connectivity index (χ0n) is 24.3. The minimum absolute atomic E-state index is 0.113. The molecule has 0 fully saturated rings. The molecular formula is C31H56N2O5. The molecule has 0 spiro atoms. The molecule has 0 saturated heterocycles. The van der Waals surface area contributed by atoms with E-state index in [1.54, 1.807) is 0 Å². The number of allylic oxidation sites excluding steroid dienone is 3. The Kier molecular flexibility index (Phi) is 25.0. The van der Waals surface area contributed by atoms with E-state index in [9.17, 15) is 19.5 Å². The molecule has 2 atom stereocenters. The predicted molar refractivity (Wildman–Crippen MR) is 156 cm³/mol. The molecule has 1 amide bonds. The fraction of sp³-hybridized carbons (Fsp3) is 0.774. The zero-order chi connectivity index (χ0) is 28.3. The SMILES string of the molecule is CCC/C=C\CCCCCCCC(=O)OC(/C=C\CCC)CCCCCCC(=O)NC(CCCN)C(=O)O. The molecule has 0 aliphatic heterocycles. The van der Waals surface area contributed by atoms with E-state index in [2.05, 4.69) is 37.4 Å². The average molecular weight is 537 g/mol.